The summed E-state index contributed by atoms with van der Waals surface area (Å²) in [6.07, 6.45) is 0. The molecule has 0 atom stereocenters. The van der Waals surface area contributed by atoms with E-state index >= 15 is 0 Å². The van der Waals surface area contributed by atoms with Gasteiger partial charge < -0.3 is 5.32 Å². The van der Waals surface area contributed by atoms with Gasteiger partial charge in [0.1, 0.15) is 0 Å². The van der Waals surface area contributed by atoms with Gasteiger partial charge in [0.2, 0.25) is 5.13 Å². The molecule has 0 unspecified atom stereocenters. The lowest BCUT2D eigenvalue weighted by Gasteiger charge is -2.03. The van der Waals surface area contributed by atoms with Crippen molar-refractivity contribution in [1.82, 2.24) is 20.1 Å². The second kappa shape index (κ2) is 8.34. The van der Waals surface area contributed by atoms with Gasteiger partial charge in [-0.15, -0.1) is 0 Å². The van der Waals surface area contributed by atoms with Crippen molar-refractivity contribution >= 4 is 39.1 Å². The number of carbonyl (C=O) groups excluding carboxylic acids is 1. The second-order valence-corrected chi connectivity index (χ2v) is 8.41. The fraction of sp³-hybridized carbons (Fsp3) is 0.0417. The third-order valence-corrected chi connectivity index (χ3v) is 6.11. The highest BCUT2D eigenvalue weighted by Gasteiger charge is 2.19. The molecule has 5 nitrogen and oxygen atoms in total. The highest BCUT2D eigenvalue weighted by Crippen LogP contribution is 2.29. The van der Waals surface area contributed by atoms with E-state index in [9.17, 15) is 4.79 Å². The summed E-state index contributed by atoms with van der Waals surface area (Å²) in [5.74, 6) is -0.244. The average molecular weight is 445 g/mol. The van der Waals surface area contributed by atoms with Crippen molar-refractivity contribution in [3.63, 3.8) is 0 Å². The van der Waals surface area contributed by atoms with E-state index in [0.29, 0.717) is 17.3 Å². The lowest BCUT2D eigenvalue weighted by molar-refractivity contribution is 0.0945. The molecule has 5 aromatic rings. The Morgan fingerprint density at radius 2 is 1.71 bits per heavy atom. The van der Waals surface area contributed by atoms with E-state index in [0.717, 1.165) is 32.2 Å². The van der Waals surface area contributed by atoms with E-state index in [2.05, 4.69) is 10.4 Å². The molecule has 3 aromatic carbocycles. The molecule has 0 aliphatic rings. The lowest BCUT2D eigenvalue weighted by Crippen LogP contribution is -2.23. The van der Waals surface area contributed by atoms with E-state index in [1.165, 1.54) is 0 Å². The van der Waals surface area contributed by atoms with Crippen LogP contribution in [0.3, 0.4) is 0 Å². The van der Waals surface area contributed by atoms with Gasteiger partial charge in [0.15, 0.2) is 5.69 Å². The molecule has 0 spiro atoms. The van der Waals surface area contributed by atoms with Gasteiger partial charge in [0, 0.05) is 17.1 Å². The predicted octanol–water partition coefficient (Wildman–Crippen LogP) is 5.73. The molecule has 7 heteroatoms. The highest BCUT2D eigenvalue weighted by atomic mass is 35.5. The number of hydrogen-bond donors (Lipinski definition) is 1. The molecule has 5 rings (SSSR count). The minimum atomic E-state index is -0.244. The average Bonchev–Trinajstić information content (AvgIpc) is 3.43. The van der Waals surface area contributed by atoms with E-state index in [4.69, 9.17) is 16.6 Å². The third-order valence-electron chi connectivity index (χ3n) is 4.84. The monoisotopic (exact) mass is 444 g/mol. The molecule has 2 aromatic heterocycles. The molecule has 152 valence electrons. The number of rotatable bonds is 5. The number of halogens is 1. The van der Waals surface area contributed by atoms with Gasteiger partial charge in [-0.25, -0.2) is 9.67 Å². The van der Waals surface area contributed by atoms with Gasteiger partial charge in [0.25, 0.3) is 5.91 Å². The Kier molecular flexibility index (Phi) is 5.24. The summed E-state index contributed by atoms with van der Waals surface area (Å²) < 4.78 is 2.82. The number of nitrogens with zero attached hydrogens (tertiary/aromatic N) is 3. The minimum absolute atomic E-state index is 0.244. The number of para-hydroxylation sites is 1. The van der Waals surface area contributed by atoms with Crippen LogP contribution in [-0.2, 0) is 6.54 Å². The van der Waals surface area contributed by atoms with Crippen LogP contribution in [0.25, 0.3) is 26.6 Å². The minimum Gasteiger partial charge on any atom is -0.347 e. The molecular weight excluding hydrogens is 428 g/mol. The topological polar surface area (TPSA) is 59.8 Å². The standard InChI is InChI=1S/C24H17ClN4OS/c25-18-12-10-16(11-13-18)15-26-23(30)20-14-21(17-6-2-1-3-7-17)29(28-20)24-27-19-8-4-5-9-22(19)31-24/h1-14H,15H2,(H,26,30). The zero-order valence-corrected chi connectivity index (χ0v) is 17.9. The number of nitrogens with one attached hydrogen (secondary N) is 1. The van der Waals surface area contributed by atoms with Crippen molar-refractivity contribution in [2.75, 3.05) is 0 Å². The molecule has 0 fully saturated rings. The molecule has 0 aliphatic heterocycles. The molecule has 2 heterocycles. The SMILES string of the molecule is O=C(NCc1ccc(Cl)cc1)c1cc(-c2ccccc2)n(-c2nc3ccccc3s2)n1. The number of thiazole rings is 1. The van der Waals surface area contributed by atoms with E-state index < -0.39 is 0 Å². The third kappa shape index (κ3) is 4.08. The molecule has 31 heavy (non-hydrogen) atoms. The van der Waals surface area contributed by atoms with Crippen LogP contribution in [0.5, 0.6) is 0 Å². The Morgan fingerprint density at radius 3 is 2.48 bits per heavy atom. The first-order chi connectivity index (χ1) is 15.2. The quantitative estimate of drug-likeness (QED) is 0.376. The summed E-state index contributed by atoms with van der Waals surface area (Å²) in [6, 6.07) is 27.0. The van der Waals surface area contributed by atoms with Crippen LogP contribution in [0.2, 0.25) is 5.02 Å². The number of benzene rings is 3. The fourth-order valence-corrected chi connectivity index (χ4v) is 4.34. The summed E-state index contributed by atoms with van der Waals surface area (Å²) in [5, 5.41) is 8.92. The number of aromatic nitrogens is 3. The molecule has 0 radical (unpaired) electrons. The predicted molar refractivity (Wildman–Crippen MR) is 125 cm³/mol. The van der Waals surface area contributed by atoms with Crippen LogP contribution in [-0.4, -0.2) is 20.7 Å². The fourth-order valence-electron chi connectivity index (χ4n) is 3.28. The van der Waals surface area contributed by atoms with Crippen LogP contribution >= 0.6 is 22.9 Å². The molecule has 0 bridgehead atoms. The van der Waals surface area contributed by atoms with Crippen molar-refractivity contribution < 1.29 is 4.79 Å². The highest BCUT2D eigenvalue weighted by molar-refractivity contribution is 7.20. The van der Waals surface area contributed by atoms with Crippen LogP contribution in [0, 0.1) is 0 Å². The van der Waals surface area contributed by atoms with Crippen LogP contribution in [0.4, 0.5) is 0 Å². The number of amides is 1. The van der Waals surface area contributed by atoms with E-state index in [1.54, 1.807) is 34.2 Å². The maximum atomic E-state index is 12.9. The van der Waals surface area contributed by atoms with Gasteiger partial charge in [0.05, 0.1) is 15.9 Å². The van der Waals surface area contributed by atoms with Crippen molar-refractivity contribution in [2.45, 2.75) is 6.54 Å². The molecule has 1 N–H and O–H groups in total. The van der Waals surface area contributed by atoms with Crippen LogP contribution in [0.15, 0.2) is 84.9 Å². The molecule has 0 aliphatic carbocycles. The number of hydrogen-bond acceptors (Lipinski definition) is 4. The Balaban J connectivity index is 1.50. The Labute approximate surface area is 187 Å². The Hall–Kier alpha value is -3.48. The van der Waals surface area contributed by atoms with E-state index in [1.807, 2.05) is 66.7 Å². The first-order valence-corrected chi connectivity index (χ1v) is 10.9. The smallest absolute Gasteiger partial charge is 0.272 e. The maximum absolute atomic E-state index is 12.9. The molecular formula is C24H17ClN4OS. The Bertz CT molecular complexity index is 1330. The van der Waals surface area contributed by atoms with Crippen LogP contribution in [0.1, 0.15) is 16.1 Å². The molecule has 0 saturated carbocycles. The zero-order chi connectivity index (χ0) is 21.2. The summed E-state index contributed by atoms with van der Waals surface area (Å²) >= 11 is 7.47. The van der Waals surface area contributed by atoms with Crippen molar-refractivity contribution in [2.24, 2.45) is 0 Å². The summed E-state index contributed by atoms with van der Waals surface area (Å²) in [5.41, 5.74) is 3.99. The summed E-state index contributed by atoms with van der Waals surface area (Å²) in [7, 11) is 0. The van der Waals surface area contributed by atoms with Gasteiger partial charge in [-0.1, -0.05) is 77.5 Å². The first kappa shape index (κ1) is 19.5. The van der Waals surface area contributed by atoms with Gasteiger partial charge in [-0.3, -0.25) is 4.79 Å². The zero-order valence-electron chi connectivity index (χ0n) is 16.3. The summed E-state index contributed by atoms with van der Waals surface area (Å²) in [6.45, 7) is 0.394. The second-order valence-electron chi connectivity index (χ2n) is 6.97. The van der Waals surface area contributed by atoms with Crippen molar-refractivity contribution in [3.05, 3.63) is 101 Å². The van der Waals surface area contributed by atoms with Gasteiger partial charge in [-0.05, 0) is 35.9 Å². The largest absolute Gasteiger partial charge is 0.347 e. The van der Waals surface area contributed by atoms with Crippen LogP contribution < -0.4 is 5.32 Å². The number of carbonyl (C=O) groups is 1. The van der Waals surface area contributed by atoms with Gasteiger partial charge in [-0.2, -0.15) is 5.10 Å². The number of fused-ring (bicyclic) bond motifs is 1. The normalized spacial score (nSPS) is 11.0. The van der Waals surface area contributed by atoms with Crippen molar-refractivity contribution in [1.29, 1.82) is 0 Å². The molecule has 1 amide bonds. The lowest BCUT2D eigenvalue weighted by atomic mass is 10.1. The van der Waals surface area contributed by atoms with Gasteiger partial charge >= 0.3 is 0 Å². The van der Waals surface area contributed by atoms with Crippen molar-refractivity contribution in [3.8, 4) is 16.4 Å². The first-order valence-electron chi connectivity index (χ1n) is 9.71. The molecule has 0 saturated heterocycles. The van der Waals surface area contributed by atoms with E-state index in [-0.39, 0.29) is 5.91 Å². The maximum Gasteiger partial charge on any atom is 0.272 e. The Morgan fingerprint density at radius 1 is 0.968 bits per heavy atom. The summed E-state index contributed by atoms with van der Waals surface area (Å²) in [4.78, 5) is 17.6.